The summed E-state index contributed by atoms with van der Waals surface area (Å²) >= 11 is 0. The van der Waals surface area contributed by atoms with Gasteiger partial charge in [-0.1, -0.05) is 6.08 Å². The first-order valence-corrected chi connectivity index (χ1v) is 2.54. The van der Waals surface area contributed by atoms with Crippen LogP contribution in [0.4, 0.5) is 0 Å². The van der Waals surface area contributed by atoms with Crippen molar-refractivity contribution in [3.05, 3.63) is 24.0 Å². The quantitative estimate of drug-likeness (QED) is 0.490. The summed E-state index contributed by atoms with van der Waals surface area (Å²) in [5.74, 6) is 0.606. The van der Waals surface area contributed by atoms with Gasteiger partial charge in [0.1, 0.15) is 5.82 Å². The predicted octanol–water partition coefficient (Wildman–Crippen LogP) is 0.817. The van der Waals surface area contributed by atoms with E-state index < -0.39 is 0 Å². The van der Waals surface area contributed by atoms with E-state index in [0.29, 0.717) is 5.82 Å². The zero-order valence-electron chi connectivity index (χ0n) is 4.54. The Hall–Kier alpha value is -1.05. The van der Waals surface area contributed by atoms with Crippen molar-refractivity contribution in [2.24, 2.45) is 10.7 Å². The van der Waals surface area contributed by atoms with Crippen molar-refractivity contribution in [3.8, 4) is 0 Å². The summed E-state index contributed by atoms with van der Waals surface area (Å²) in [6.07, 6.45) is 8.35. The van der Waals surface area contributed by atoms with Gasteiger partial charge >= 0.3 is 0 Å². The van der Waals surface area contributed by atoms with Crippen LogP contribution < -0.4 is 5.73 Å². The number of aliphatic imine (C=N–C) groups is 1. The van der Waals surface area contributed by atoms with E-state index in [2.05, 4.69) is 4.99 Å². The molecule has 0 aromatic rings. The minimum Gasteiger partial charge on any atom is -0.384 e. The second kappa shape index (κ2) is 2.31. The molecule has 0 fully saturated rings. The molecule has 0 saturated carbocycles. The minimum atomic E-state index is 0.606. The highest BCUT2D eigenvalue weighted by Gasteiger charge is 1.82. The average Bonchev–Trinajstić information content (AvgIpc) is 1.94. The van der Waals surface area contributed by atoms with E-state index in [-0.39, 0.29) is 0 Å². The lowest BCUT2D eigenvalue weighted by molar-refractivity contribution is 1.21. The normalized spacial score (nSPS) is 17.8. The van der Waals surface area contributed by atoms with Gasteiger partial charge < -0.3 is 5.73 Å². The summed E-state index contributed by atoms with van der Waals surface area (Å²) in [6.45, 7) is 0. The van der Waals surface area contributed by atoms with Crippen LogP contribution in [0.1, 0.15) is 6.42 Å². The smallest absolute Gasteiger partial charge is 0.119 e. The van der Waals surface area contributed by atoms with Crippen LogP contribution >= 0.6 is 0 Å². The number of nitrogens with two attached hydrogens (primary N) is 1. The van der Waals surface area contributed by atoms with Crippen molar-refractivity contribution in [1.82, 2.24) is 0 Å². The Morgan fingerprint density at radius 3 is 3.38 bits per heavy atom. The summed E-state index contributed by atoms with van der Waals surface area (Å²) in [7, 11) is 0. The number of hydrogen-bond donors (Lipinski definition) is 1. The monoisotopic (exact) mass is 108 g/mol. The van der Waals surface area contributed by atoms with Crippen LogP contribution in [0.25, 0.3) is 0 Å². The fourth-order valence-corrected chi connectivity index (χ4v) is 0.510. The Morgan fingerprint density at radius 1 is 1.62 bits per heavy atom. The van der Waals surface area contributed by atoms with Gasteiger partial charge in [0.2, 0.25) is 0 Å². The highest BCUT2D eigenvalue weighted by molar-refractivity contribution is 5.72. The first kappa shape index (κ1) is 5.09. The zero-order chi connectivity index (χ0) is 5.82. The first-order valence-electron chi connectivity index (χ1n) is 2.54. The molecule has 0 amide bonds. The van der Waals surface area contributed by atoms with Crippen molar-refractivity contribution < 1.29 is 0 Å². The van der Waals surface area contributed by atoms with E-state index in [9.17, 15) is 0 Å². The molecule has 0 saturated heterocycles. The summed E-state index contributed by atoms with van der Waals surface area (Å²) < 4.78 is 0. The van der Waals surface area contributed by atoms with Gasteiger partial charge in [0.15, 0.2) is 0 Å². The van der Waals surface area contributed by atoms with Crippen molar-refractivity contribution >= 4 is 6.21 Å². The molecule has 2 nitrogen and oxygen atoms in total. The molecule has 2 N–H and O–H groups in total. The number of allylic oxidation sites excluding steroid dienone is 3. The fraction of sp³-hybridized carbons (Fsp3) is 0.167. The Balaban J connectivity index is 2.69. The molecule has 1 aliphatic heterocycles. The third-order valence-electron chi connectivity index (χ3n) is 0.909. The van der Waals surface area contributed by atoms with Gasteiger partial charge in [-0.15, -0.1) is 0 Å². The van der Waals surface area contributed by atoms with Crippen LogP contribution in [-0.4, -0.2) is 6.21 Å². The van der Waals surface area contributed by atoms with Gasteiger partial charge in [-0.2, -0.15) is 0 Å². The molecule has 0 radical (unpaired) electrons. The molecule has 1 aliphatic rings. The topological polar surface area (TPSA) is 38.4 Å². The van der Waals surface area contributed by atoms with E-state index in [1.807, 2.05) is 18.2 Å². The standard InChI is InChI=1S/C6H8N2/c7-6-4-2-1-3-5-8-6/h1,3-5H,2,7H2. The lowest BCUT2D eigenvalue weighted by Crippen LogP contribution is -1.90. The molecule has 0 aromatic carbocycles. The molecular weight excluding hydrogens is 100 g/mol. The summed E-state index contributed by atoms with van der Waals surface area (Å²) in [4.78, 5) is 3.85. The minimum absolute atomic E-state index is 0.606. The maximum atomic E-state index is 5.36. The lowest BCUT2D eigenvalue weighted by atomic mass is 10.4. The molecule has 0 atom stereocenters. The third-order valence-corrected chi connectivity index (χ3v) is 0.909. The Labute approximate surface area is 48.4 Å². The highest BCUT2D eigenvalue weighted by Crippen LogP contribution is 1.94. The van der Waals surface area contributed by atoms with Gasteiger partial charge in [0.05, 0.1) is 0 Å². The van der Waals surface area contributed by atoms with Gasteiger partial charge in [-0.25, -0.2) is 4.99 Å². The Kier molecular flexibility index (Phi) is 1.47. The number of rotatable bonds is 0. The molecule has 1 heterocycles. The average molecular weight is 108 g/mol. The molecular formula is C6H8N2. The van der Waals surface area contributed by atoms with Gasteiger partial charge in [-0.05, 0) is 18.6 Å². The zero-order valence-corrected chi connectivity index (χ0v) is 4.54. The van der Waals surface area contributed by atoms with Gasteiger partial charge in [0.25, 0.3) is 0 Å². The molecule has 2 heteroatoms. The van der Waals surface area contributed by atoms with E-state index >= 15 is 0 Å². The van der Waals surface area contributed by atoms with Crippen molar-refractivity contribution in [2.75, 3.05) is 0 Å². The summed E-state index contributed by atoms with van der Waals surface area (Å²) in [6, 6.07) is 0. The molecule has 0 unspecified atom stereocenters. The van der Waals surface area contributed by atoms with Crippen LogP contribution in [0.5, 0.6) is 0 Å². The molecule has 0 bridgehead atoms. The second-order valence-corrected chi connectivity index (χ2v) is 1.57. The molecule has 0 aliphatic carbocycles. The summed E-state index contributed by atoms with van der Waals surface area (Å²) in [5.41, 5.74) is 5.36. The van der Waals surface area contributed by atoms with E-state index in [0.717, 1.165) is 6.42 Å². The van der Waals surface area contributed by atoms with Crippen LogP contribution in [0.2, 0.25) is 0 Å². The van der Waals surface area contributed by atoms with Gasteiger partial charge in [0, 0.05) is 6.21 Å². The predicted molar refractivity (Wildman–Crippen MR) is 34.5 cm³/mol. The van der Waals surface area contributed by atoms with Crippen LogP contribution in [0.3, 0.4) is 0 Å². The molecule has 0 spiro atoms. The van der Waals surface area contributed by atoms with E-state index in [4.69, 9.17) is 5.73 Å². The van der Waals surface area contributed by atoms with Crippen LogP contribution in [-0.2, 0) is 0 Å². The van der Waals surface area contributed by atoms with Crippen molar-refractivity contribution in [1.29, 1.82) is 0 Å². The maximum absolute atomic E-state index is 5.36. The SMILES string of the molecule is NC1=CCC=CC=N1. The van der Waals surface area contributed by atoms with Crippen LogP contribution in [0, 0.1) is 0 Å². The van der Waals surface area contributed by atoms with Crippen molar-refractivity contribution in [2.45, 2.75) is 6.42 Å². The lowest BCUT2D eigenvalue weighted by Gasteiger charge is -1.83. The molecule has 42 valence electrons. The molecule has 8 heavy (non-hydrogen) atoms. The van der Waals surface area contributed by atoms with Crippen LogP contribution in [0.15, 0.2) is 29.0 Å². The highest BCUT2D eigenvalue weighted by atomic mass is 14.9. The van der Waals surface area contributed by atoms with Crippen molar-refractivity contribution in [3.63, 3.8) is 0 Å². The number of nitrogens with zero attached hydrogens (tertiary/aromatic N) is 1. The first-order chi connectivity index (χ1) is 3.89. The fourth-order valence-electron chi connectivity index (χ4n) is 0.510. The second-order valence-electron chi connectivity index (χ2n) is 1.57. The summed E-state index contributed by atoms with van der Waals surface area (Å²) in [5, 5.41) is 0. The third kappa shape index (κ3) is 1.22. The Bertz CT molecular complexity index is 151. The Morgan fingerprint density at radius 2 is 2.50 bits per heavy atom. The van der Waals surface area contributed by atoms with E-state index in [1.165, 1.54) is 0 Å². The molecule has 0 aromatic heterocycles. The largest absolute Gasteiger partial charge is 0.384 e. The maximum Gasteiger partial charge on any atom is 0.119 e. The number of hydrogen-bond acceptors (Lipinski definition) is 2. The van der Waals surface area contributed by atoms with Gasteiger partial charge in [-0.3, -0.25) is 0 Å². The van der Waals surface area contributed by atoms with E-state index in [1.54, 1.807) is 6.21 Å². The molecule has 1 rings (SSSR count).